The summed E-state index contributed by atoms with van der Waals surface area (Å²) in [6.07, 6.45) is 3.80. The van der Waals surface area contributed by atoms with Gasteiger partial charge in [0.05, 0.1) is 12.2 Å². The monoisotopic (exact) mass is 301 g/mol. The van der Waals surface area contributed by atoms with Gasteiger partial charge in [0.1, 0.15) is 12.7 Å². The molecule has 0 aliphatic rings. The molecule has 1 unspecified atom stereocenters. The van der Waals surface area contributed by atoms with Crippen molar-refractivity contribution < 1.29 is 9.59 Å². The Morgan fingerprint density at radius 2 is 2.00 bits per heavy atom. The summed E-state index contributed by atoms with van der Waals surface area (Å²) in [6, 6.07) is 7.18. The highest BCUT2D eigenvalue weighted by Crippen LogP contribution is 2.11. The minimum absolute atomic E-state index is 0.0337. The van der Waals surface area contributed by atoms with Crippen LogP contribution < -0.4 is 10.6 Å². The first-order valence-electron chi connectivity index (χ1n) is 7.12. The van der Waals surface area contributed by atoms with Gasteiger partial charge in [0.15, 0.2) is 0 Å². The van der Waals surface area contributed by atoms with Crippen molar-refractivity contribution in [3.8, 4) is 5.69 Å². The van der Waals surface area contributed by atoms with E-state index in [2.05, 4.69) is 20.7 Å². The number of nitrogens with zero attached hydrogens (tertiary/aromatic N) is 3. The summed E-state index contributed by atoms with van der Waals surface area (Å²) in [4.78, 5) is 27.3. The lowest BCUT2D eigenvalue weighted by atomic mass is 10.1. The number of amides is 2. The minimum atomic E-state index is -0.259. The second-order valence-corrected chi connectivity index (χ2v) is 4.96. The maximum absolute atomic E-state index is 11.8. The Morgan fingerprint density at radius 3 is 2.59 bits per heavy atom. The van der Waals surface area contributed by atoms with Crippen molar-refractivity contribution >= 4 is 17.5 Å². The van der Waals surface area contributed by atoms with Crippen LogP contribution in [-0.4, -0.2) is 33.1 Å². The van der Waals surface area contributed by atoms with E-state index in [9.17, 15) is 9.59 Å². The van der Waals surface area contributed by atoms with E-state index in [1.54, 1.807) is 23.1 Å². The Balaban J connectivity index is 1.85. The van der Waals surface area contributed by atoms with Crippen molar-refractivity contribution in [3.63, 3.8) is 0 Å². The summed E-state index contributed by atoms with van der Waals surface area (Å²) in [5.41, 5.74) is 1.51. The van der Waals surface area contributed by atoms with E-state index >= 15 is 0 Å². The molecule has 0 fully saturated rings. The zero-order chi connectivity index (χ0) is 15.9. The van der Waals surface area contributed by atoms with Crippen LogP contribution in [0.2, 0.25) is 0 Å². The van der Waals surface area contributed by atoms with Crippen LogP contribution in [0.3, 0.4) is 0 Å². The van der Waals surface area contributed by atoms with Crippen molar-refractivity contribution in [3.05, 3.63) is 36.9 Å². The highest BCUT2D eigenvalue weighted by atomic mass is 16.2. The molecule has 116 valence electrons. The molecule has 1 aromatic heterocycles. The summed E-state index contributed by atoms with van der Waals surface area (Å²) in [6.45, 7) is 3.73. The molecule has 2 aromatic rings. The van der Waals surface area contributed by atoms with Crippen molar-refractivity contribution in [2.24, 2.45) is 5.92 Å². The Labute approximate surface area is 128 Å². The lowest BCUT2D eigenvalue weighted by Crippen LogP contribution is -2.35. The third kappa shape index (κ3) is 4.15. The average molecular weight is 301 g/mol. The van der Waals surface area contributed by atoms with E-state index in [0.29, 0.717) is 5.69 Å². The molecule has 7 heteroatoms. The third-order valence-corrected chi connectivity index (χ3v) is 3.32. The van der Waals surface area contributed by atoms with E-state index in [1.807, 2.05) is 26.0 Å². The first-order valence-corrected chi connectivity index (χ1v) is 7.12. The van der Waals surface area contributed by atoms with Crippen LogP contribution in [0, 0.1) is 5.92 Å². The van der Waals surface area contributed by atoms with Gasteiger partial charge < -0.3 is 10.6 Å². The zero-order valence-corrected chi connectivity index (χ0v) is 12.6. The molecule has 2 amide bonds. The highest BCUT2D eigenvalue weighted by Gasteiger charge is 2.11. The van der Waals surface area contributed by atoms with Gasteiger partial charge in [-0.15, -0.1) is 0 Å². The average Bonchev–Trinajstić information content (AvgIpc) is 3.07. The van der Waals surface area contributed by atoms with Gasteiger partial charge in [-0.25, -0.2) is 9.67 Å². The SMILES string of the molecule is CCC(C)C(=O)NCC(=O)Nc1ccc(-n2cncn2)cc1. The van der Waals surface area contributed by atoms with Crippen molar-refractivity contribution in [2.45, 2.75) is 20.3 Å². The number of rotatable bonds is 6. The van der Waals surface area contributed by atoms with Gasteiger partial charge in [-0.05, 0) is 30.7 Å². The number of carbonyl (C=O) groups is 2. The van der Waals surface area contributed by atoms with E-state index in [4.69, 9.17) is 0 Å². The molecule has 22 heavy (non-hydrogen) atoms. The van der Waals surface area contributed by atoms with Gasteiger partial charge in [-0.2, -0.15) is 5.10 Å². The van der Waals surface area contributed by atoms with Crippen LogP contribution in [0.5, 0.6) is 0 Å². The number of carbonyl (C=O) groups excluding carboxylic acids is 2. The Kier molecular flexibility index (Phi) is 5.24. The maximum atomic E-state index is 11.8. The van der Waals surface area contributed by atoms with Crippen LogP contribution in [-0.2, 0) is 9.59 Å². The van der Waals surface area contributed by atoms with Gasteiger partial charge in [-0.3, -0.25) is 9.59 Å². The van der Waals surface area contributed by atoms with Gasteiger partial charge >= 0.3 is 0 Å². The number of hydrogen-bond donors (Lipinski definition) is 2. The van der Waals surface area contributed by atoms with E-state index < -0.39 is 0 Å². The third-order valence-electron chi connectivity index (χ3n) is 3.32. The molecule has 0 bridgehead atoms. The van der Waals surface area contributed by atoms with Gasteiger partial charge in [0, 0.05) is 11.6 Å². The van der Waals surface area contributed by atoms with Crippen molar-refractivity contribution in [2.75, 3.05) is 11.9 Å². The second-order valence-electron chi connectivity index (χ2n) is 4.96. The van der Waals surface area contributed by atoms with Gasteiger partial charge in [0.25, 0.3) is 0 Å². The lowest BCUT2D eigenvalue weighted by molar-refractivity contribution is -0.126. The van der Waals surface area contributed by atoms with E-state index in [1.165, 1.54) is 6.33 Å². The molecule has 0 saturated carbocycles. The summed E-state index contributed by atoms with van der Waals surface area (Å²) in [5, 5.41) is 9.36. The first-order chi connectivity index (χ1) is 10.6. The Hall–Kier alpha value is -2.70. The predicted molar refractivity (Wildman–Crippen MR) is 82.5 cm³/mol. The van der Waals surface area contributed by atoms with Crippen LogP contribution in [0.25, 0.3) is 5.69 Å². The first kappa shape index (κ1) is 15.7. The predicted octanol–water partition coefficient (Wildman–Crippen LogP) is 1.37. The fraction of sp³-hybridized carbons (Fsp3) is 0.333. The standard InChI is InChI=1S/C15H19N5O2/c1-3-11(2)15(22)17-8-14(21)19-12-4-6-13(7-5-12)20-10-16-9-18-20/h4-7,9-11H,3,8H2,1-2H3,(H,17,22)(H,19,21). The molecule has 1 heterocycles. The summed E-state index contributed by atoms with van der Waals surface area (Å²) < 4.78 is 1.62. The molecular weight excluding hydrogens is 282 g/mol. The highest BCUT2D eigenvalue weighted by molar-refractivity contribution is 5.94. The molecule has 0 radical (unpaired) electrons. The second kappa shape index (κ2) is 7.35. The normalized spacial score (nSPS) is 11.7. The number of benzene rings is 1. The number of aromatic nitrogens is 3. The molecule has 0 spiro atoms. The number of anilines is 1. The molecular formula is C15H19N5O2. The molecule has 0 saturated heterocycles. The van der Waals surface area contributed by atoms with Crippen molar-refractivity contribution in [1.82, 2.24) is 20.1 Å². The fourth-order valence-corrected chi connectivity index (χ4v) is 1.77. The topological polar surface area (TPSA) is 88.9 Å². The van der Waals surface area contributed by atoms with Crippen LogP contribution in [0.1, 0.15) is 20.3 Å². The summed E-state index contributed by atoms with van der Waals surface area (Å²) >= 11 is 0. The number of nitrogens with one attached hydrogen (secondary N) is 2. The zero-order valence-electron chi connectivity index (χ0n) is 12.6. The molecule has 2 rings (SSSR count). The molecule has 7 nitrogen and oxygen atoms in total. The lowest BCUT2D eigenvalue weighted by Gasteiger charge is -2.10. The Morgan fingerprint density at radius 1 is 1.27 bits per heavy atom. The number of hydrogen-bond acceptors (Lipinski definition) is 4. The largest absolute Gasteiger partial charge is 0.347 e. The minimum Gasteiger partial charge on any atom is -0.347 e. The van der Waals surface area contributed by atoms with Gasteiger partial charge in [-0.1, -0.05) is 13.8 Å². The van der Waals surface area contributed by atoms with Crippen LogP contribution >= 0.6 is 0 Å². The van der Waals surface area contributed by atoms with E-state index in [-0.39, 0.29) is 24.3 Å². The molecule has 1 atom stereocenters. The molecule has 2 N–H and O–H groups in total. The fourth-order valence-electron chi connectivity index (χ4n) is 1.77. The van der Waals surface area contributed by atoms with E-state index in [0.717, 1.165) is 12.1 Å². The van der Waals surface area contributed by atoms with Crippen LogP contribution in [0.15, 0.2) is 36.9 Å². The quantitative estimate of drug-likeness (QED) is 0.843. The smallest absolute Gasteiger partial charge is 0.243 e. The van der Waals surface area contributed by atoms with Gasteiger partial charge in [0.2, 0.25) is 11.8 Å². The maximum Gasteiger partial charge on any atom is 0.243 e. The molecule has 0 aliphatic heterocycles. The van der Waals surface area contributed by atoms with Crippen molar-refractivity contribution in [1.29, 1.82) is 0 Å². The summed E-state index contributed by atoms with van der Waals surface area (Å²) in [5.74, 6) is -0.459. The molecule has 0 aliphatic carbocycles. The summed E-state index contributed by atoms with van der Waals surface area (Å²) in [7, 11) is 0. The molecule has 1 aromatic carbocycles. The Bertz CT molecular complexity index is 622. The van der Waals surface area contributed by atoms with Crippen LogP contribution in [0.4, 0.5) is 5.69 Å².